The van der Waals surface area contributed by atoms with Gasteiger partial charge in [0.25, 0.3) is 5.88 Å². The quantitative estimate of drug-likeness (QED) is 0.112. The average Bonchev–Trinajstić information content (AvgIpc) is 3.91. The summed E-state index contributed by atoms with van der Waals surface area (Å²) in [6, 6.07) is 7.73. The summed E-state index contributed by atoms with van der Waals surface area (Å²) in [7, 11) is 1.66. The fourth-order valence-electron chi connectivity index (χ4n) is 7.71. The Kier molecular flexibility index (Phi) is 13.6. The molecule has 16 heteroatoms. The van der Waals surface area contributed by atoms with Gasteiger partial charge in [-0.3, -0.25) is 9.58 Å². The molecule has 4 aromatic rings. The lowest BCUT2D eigenvalue weighted by molar-refractivity contribution is -0.0458. The number of ether oxygens (including phenoxy) is 6. The highest BCUT2D eigenvalue weighted by Gasteiger charge is 2.42. The third-order valence-electron chi connectivity index (χ3n) is 10.3. The highest BCUT2D eigenvalue weighted by molar-refractivity contribution is 6.32. The van der Waals surface area contributed by atoms with E-state index in [1.54, 1.807) is 30.5 Å². The van der Waals surface area contributed by atoms with Crippen molar-refractivity contribution in [2.45, 2.75) is 88.7 Å². The van der Waals surface area contributed by atoms with E-state index in [1.165, 1.54) is 19.2 Å². The Morgan fingerprint density at radius 2 is 1.61 bits per heavy atom. The maximum Gasteiger partial charge on any atom is 0.256 e. The number of halogens is 1. The summed E-state index contributed by atoms with van der Waals surface area (Å²) in [6.07, 6.45) is 16.3. The van der Waals surface area contributed by atoms with E-state index in [9.17, 15) is 0 Å². The van der Waals surface area contributed by atoms with Crippen molar-refractivity contribution in [1.82, 2.24) is 39.4 Å². The van der Waals surface area contributed by atoms with Gasteiger partial charge in [-0.15, -0.1) is 5.10 Å². The van der Waals surface area contributed by atoms with Crippen molar-refractivity contribution in [2.75, 3.05) is 65.3 Å². The van der Waals surface area contributed by atoms with Gasteiger partial charge < -0.3 is 33.7 Å². The van der Waals surface area contributed by atoms with E-state index >= 15 is 0 Å². The van der Waals surface area contributed by atoms with Crippen molar-refractivity contribution in [3.05, 3.63) is 54.5 Å². The van der Waals surface area contributed by atoms with Gasteiger partial charge in [-0.25, -0.2) is 19.6 Å². The molecule has 292 valence electrons. The minimum atomic E-state index is -0.173. The second kappa shape index (κ2) is 19.1. The molecule has 7 rings (SSSR count). The molecular formula is C38H52ClN9O6. The van der Waals surface area contributed by atoms with Crippen molar-refractivity contribution in [3.63, 3.8) is 0 Å². The summed E-state index contributed by atoms with van der Waals surface area (Å²) in [5.74, 6) is 1.54. The molecule has 3 fully saturated rings. The van der Waals surface area contributed by atoms with Gasteiger partial charge in [0.2, 0.25) is 5.95 Å². The molecular weight excluding hydrogens is 714 g/mol. The number of morpholine rings is 1. The number of anilines is 2. The number of hydrogen-bond acceptors (Lipinski definition) is 13. The minimum absolute atomic E-state index is 0.173. The van der Waals surface area contributed by atoms with Crippen LogP contribution in [-0.4, -0.2) is 124 Å². The van der Waals surface area contributed by atoms with E-state index in [4.69, 9.17) is 45.1 Å². The number of benzene rings is 1. The smallest absolute Gasteiger partial charge is 0.256 e. The van der Waals surface area contributed by atoms with Gasteiger partial charge in [0.1, 0.15) is 30.2 Å². The Balaban J connectivity index is 0.979. The Morgan fingerprint density at radius 3 is 2.35 bits per heavy atom. The molecule has 1 aliphatic carbocycles. The van der Waals surface area contributed by atoms with Crippen LogP contribution in [0.1, 0.15) is 57.9 Å². The maximum atomic E-state index is 6.50. The van der Waals surface area contributed by atoms with Crippen LogP contribution in [0.15, 0.2) is 49.4 Å². The predicted molar refractivity (Wildman–Crippen MR) is 202 cm³/mol. The molecule has 1 N–H and O–H groups in total. The van der Waals surface area contributed by atoms with Crippen LogP contribution in [-0.2, 0) is 25.5 Å². The topological polar surface area (TPSA) is 145 Å². The molecule has 5 heterocycles. The van der Waals surface area contributed by atoms with Gasteiger partial charge in [0.05, 0.1) is 70.1 Å². The lowest BCUT2D eigenvalue weighted by atomic mass is 9.89. The van der Waals surface area contributed by atoms with E-state index in [0.717, 1.165) is 55.7 Å². The van der Waals surface area contributed by atoms with E-state index in [-0.39, 0.29) is 6.10 Å². The van der Waals surface area contributed by atoms with Gasteiger partial charge in [0, 0.05) is 56.2 Å². The monoisotopic (exact) mass is 765 g/mol. The summed E-state index contributed by atoms with van der Waals surface area (Å²) < 4.78 is 38.2. The molecule has 3 aromatic heterocycles. The van der Waals surface area contributed by atoms with E-state index < -0.39 is 0 Å². The molecule has 0 amide bonds. The number of hydrogen-bond donors (Lipinski definition) is 1. The van der Waals surface area contributed by atoms with Crippen LogP contribution in [0.5, 0.6) is 11.6 Å². The normalized spacial score (nSPS) is 22.0. The van der Waals surface area contributed by atoms with Gasteiger partial charge in [-0.2, -0.15) is 5.10 Å². The number of fused-ring (bicyclic) bond motifs is 2. The summed E-state index contributed by atoms with van der Waals surface area (Å²) in [4.78, 5) is 16.1. The predicted octanol–water partition coefficient (Wildman–Crippen LogP) is 5.59. The number of methoxy groups -OCH3 is 1. The maximum absolute atomic E-state index is 6.50. The second-order valence-electron chi connectivity index (χ2n) is 14.2. The highest BCUT2D eigenvalue weighted by Crippen LogP contribution is 2.39. The molecule has 1 aromatic carbocycles. The summed E-state index contributed by atoms with van der Waals surface area (Å²) in [5, 5.41) is 13.0. The fraction of sp³-hybridized carbons (Fsp3) is 0.605. The van der Waals surface area contributed by atoms with E-state index in [1.807, 2.05) is 31.3 Å². The molecule has 2 saturated heterocycles. The molecule has 15 nitrogen and oxygen atoms in total. The van der Waals surface area contributed by atoms with Crippen molar-refractivity contribution in [3.8, 4) is 22.8 Å². The second-order valence-corrected chi connectivity index (χ2v) is 14.6. The van der Waals surface area contributed by atoms with Crippen LogP contribution < -0.4 is 14.8 Å². The Hall–Kier alpha value is -3.86. The van der Waals surface area contributed by atoms with Crippen molar-refractivity contribution in [2.24, 2.45) is 0 Å². The largest absolute Gasteiger partial charge is 0.487 e. The molecule has 2 aliphatic heterocycles. The van der Waals surface area contributed by atoms with Crippen molar-refractivity contribution in [1.29, 1.82) is 0 Å². The molecule has 1 saturated carbocycles. The van der Waals surface area contributed by atoms with Crippen molar-refractivity contribution >= 4 is 23.2 Å². The first-order valence-corrected chi connectivity index (χ1v) is 19.5. The molecule has 54 heavy (non-hydrogen) atoms. The average molecular weight is 766 g/mol. The SMILES string of the molecule is COCCOCCOCCCOc1nn([C@H]2CC[C@H](N3[C@@H]4CC[C@H]3COC4)CC2)cc1Nc1ncc(-c2ccc(Cl)c(O[C@@H](C)Cn3cncn3)c2)cn1. The molecule has 0 spiro atoms. The molecule has 3 atom stereocenters. The Morgan fingerprint density at radius 1 is 0.889 bits per heavy atom. The lowest BCUT2D eigenvalue weighted by Gasteiger charge is -2.43. The van der Waals surface area contributed by atoms with Crippen LogP contribution >= 0.6 is 11.6 Å². The Labute approximate surface area is 321 Å². The van der Waals surface area contributed by atoms with Crippen LogP contribution in [0, 0.1) is 0 Å². The van der Waals surface area contributed by atoms with Crippen LogP contribution in [0.2, 0.25) is 5.02 Å². The summed E-state index contributed by atoms with van der Waals surface area (Å²) >= 11 is 6.50. The molecule has 2 bridgehead atoms. The fourth-order valence-corrected chi connectivity index (χ4v) is 7.87. The van der Waals surface area contributed by atoms with Gasteiger partial charge >= 0.3 is 0 Å². The van der Waals surface area contributed by atoms with Gasteiger partial charge in [-0.1, -0.05) is 17.7 Å². The zero-order valence-electron chi connectivity index (χ0n) is 31.2. The minimum Gasteiger partial charge on any atom is -0.487 e. The van der Waals surface area contributed by atoms with Gasteiger partial charge in [0.15, 0.2) is 0 Å². The highest BCUT2D eigenvalue weighted by atomic mass is 35.5. The zero-order chi connectivity index (χ0) is 37.1. The molecule has 3 aliphatic rings. The summed E-state index contributed by atoms with van der Waals surface area (Å²) in [5.41, 5.74) is 2.44. The van der Waals surface area contributed by atoms with Crippen LogP contribution in [0.25, 0.3) is 11.1 Å². The van der Waals surface area contributed by atoms with Gasteiger partial charge in [-0.05, 0) is 63.1 Å². The number of aromatic nitrogens is 7. The lowest BCUT2D eigenvalue weighted by Crippen LogP contribution is -2.52. The zero-order valence-corrected chi connectivity index (χ0v) is 32.0. The van der Waals surface area contributed by atoms with E-state index in [0.29, 0.717) is 99.4 Å². The van der Waals surface area contributed by atoms with Crippen molar-refractivity contribution < 1.29 is 28.4 Å². The summed E-state index contributed by atoms with van der Waals surface area (Å²) in [6.45, 7) is 7.48. The molecule has 0 radical (unpaired) electrons. The van der Waals surface area contributed by atoms with E-state index in [2.05, 4.69) is 34.9 Å². The standard InChI is InChI=1S/C38H52ClN9O6/c1-27(21-46-26-40-25-43-46)54-36-18-28(4-11-34(36)39)29-19-41-38(42-20-29)44-35-22-47(45-37(35)53-13-3-12-50-16-17-51-15-14-49-2)30-5-7-31(8-6-30)48-32-9-10-33(48)24-52-23-32/h4,11,18-20,22,25-27,30-33H,3,5-10,12-17,21,23-24H2,1-2H3,(H,41,42,44)/t27-,30-,31-,32-,33+/m0/s1. The van der Waals surface area contributed by atoms with Crippen LogP contribution in [0.4, 0.5) is 11.6 Å². The number of nitrogens with zero attached hydrogens (tertiary/aromatic N) is 8. The molecule has 0 unspecified atom stereocenters. The van der Waals surface area contributed by atoms with Crippen LogP contribution in [0.3, 0.4) is 0 Å². The Bertz CT molecular complexity index is 1700. The first-order valence-electron chi connectivity index (χ1n) is 19.1. The number of rotatable bonds is 20. The number of nitrogens with one attached hydrogen (secondary N) is 1. The first-order chi connectivity index (χ1) is 26.5. The third kappa shape index (κ3) is 10.1. The first kappa shape index (κ1) is 38.4. The third-order valence-corrected chi connectivity index (χ3v) is 10.6.